The lowest BCUT2D eigenvalue weighted by molar-refractivity contribution is -0.116. The predicted molar refractivity (Wildman–Crippen MR) is 63.5 cm³/mol. The highest BCUT2D eigenvalue weighted by Crippen LogP contribution is 2.24. The minimum absolute atomic E-state index is 0.00256. The highest BCUT2D eigenvalue weighted by molar-refractivity contribution is 6.27. The van der Waals surface area contributed by atoms with E-state index in [0.717, 1.165) is 0 Å². The molecule has 1 aromatic rings. The molecule has 0 aliphatic carbocycles. The van der Waals surface area contributed by atoms with Crippen molar-refractivity contribution in [3.63, 3.8) is 0 Å². The van der Waals surface area contributed by atoms with Crippen molar-refractivity contribution in [1.82, 2.24) is 0 Å². The number of para-hydroxylation sites is 1. The zero-order valence-corrected chi connectivity index (χ0v) is 10.2. The van der Waals surface area contributed by atoms with Crippen LogP contribution < -0.4 is 0 Å². The van der Waals surface area contributed by atoms with Gasteiger partial charge in [0.05, 0.1) is 12.5 Å². The van der Waals surface area contributed by atoms with Gasteiger partial charge >= 0.3 is 5.97 Å². The fourth-order valence-electron chi connectivity index (χ4n) is 1.37. The van der Waals surface area contributed by atoms with Crippen LogP contribution in [0.1, 0.15) is 22.8 Å². The Labute approximate surface area is 104 Å². The van der Waals surface area contributed by atoms with E-state index in [-0.39, 0.29) is 36.0 Å². The highest BCUT2D eigenvalue weighted by Gasteiger charge is 2.16. The number of aromatic hydroxyl groups is 1. The molecule has 0 aliphatic rings. The van der Waals surface area contributed by atoms with E-state index in [1.54, 1.807) is 19.1 Å². The fraction of sp³-hybridized carbons (Fsp3) is 0.333. The lowest BCUT2D eigenvalue weighted by Crippen LogP contribution is -2.08. The van der Waals surface area contributed by atoms with Crippen LogP contribution in [-0.2, 0) is 16.0 Å². The van der Waals surface area contributed by atoms with Gasteiger partial charge in [0.25, 0.3) is 0 Å². The summed E-state index contributed by atoms with van der Waals surface area (Å²) < 4.78 is 4.79. The number of alkyl halides is 1. The van der Waals surface area contributed by atoms with Gasteiger partial charge in [-0.1, -0.05) is 12.1 Å². The Balaban J connectivity index is 2.98. The first-order valence-electron chi connectivity index (χ1n) is 5.15. The lowest BCUT2D eigenvalue weighted by atomic mass is 10.0. The maximum absolute atomic E-state index is 11.5. The molecule has 0 spiro atoms. The molecule has 0 atom stereocenters. The number of carbonyl (C=O) groups excluding carboxylic acids is 2. The van der Waals surface area contributed by atoms with Crippen molar-refractivity contribution in [1.29, 1.82) is 0 Å². The summed E-state index contributed by atoms with van der Waals surface area (Å²) in [5.41, 5.74) is 0.438. The van der Waals surface area contributed by atoms with Gasteiger partial charge in [-0.15, -0.1) is 11.6 Å². The van der Waals surface area contributed by atoms with Crippen molar-refractivity contribution < 1.29 is 19.4 Å². The number of ketones is 1. The van der Waals surface area contributed by atoms with Crippen LogP contribution in [0.4, 0.5) is 0 Å². The maximum Gasteiger partial charge on any atom is 0.341 e. The number of rotatable bonds is 5. The maximum atomic E-state index is 11.5. The van der Waals surface area contributed by atoms with E-state index in [9.17, 15) is 14.7 Å². The van der Waals surface area contributed by atoms with Crippen molar-refractivity contribution >= 4 is 23.4 Å². The van der Waals surface area contributed by atoms with E-state index in [4.69, 9.17) is 16.3 Å². The minimum atomic E-state index is -0.606. The van der Waals surface area contributed by atoms with Gasteiger partial charge in [-0.05, 0) is 13.0 Å². The van der Waals surface area contributed by atoms with E-state index in [2.05, 4.69) is 0 Å². The van der Waals surface area contributed by atoms with Crippen LogP contribution in [0.5, 0.6) is 5.75 Å². The second-order valence-electron chi connectivity index (χ2n) is 3.38. The van der Waals surface area contributed by atoms with Crippen molar-refractivity contribution in [3.8, 4) is 5.75 Å². The molecule has 0 heterocycles. The molecule has 17 heavy (non-hydrogen) atoms. The molecule has 1 N–H and O–H groups in total. The first-order valence-corrected chi connectivity index (χ1v) is 5.69. The number of hydrogen-bond acceptors (Lipinski definition) is 4. The summed E-state index contributed by atoms with van der Waals surface area (Å²) in [4.78, 5) is 22.7. The minimum Gasteiger partial charge on any atom is -0.507 e. The SMILES string of the molecule is CCOC(=O)c1cccc(CC(=O)CCl)c1O. The first kappa shape index (κ1) is 13.5. The van der Waals surface area contributed by atoms with Gasteiger partial charge < -0.3 is 9.84 Å². The smallest absolute Gasteiger partial charge is 0.341 e. The third-order valence-corrected chi connectivity index (χ3v) is 2.45. The van der Waals surface area contributed by atoms with Crippen molar-refractivity contribution in [3.05, 3.63) is 29.3 Å². The molecule has 0 bridgehead atoms. The first-order chi connectivity index (χ1) is 8.10. The predicted octanol–water partition coefficient (Wildman–Crippen LogP) is 1.92. The zero-order chi connectivity index (χ0) is 12.8. The van der Waals surface area contributed by atoms with E-state index < -0.39 is 5.97 Å². The van der Waals surface area contributed by atoms with Gasteiger partial charge in [-0.2, -0.15) is 0 Å². The molecular weight excluding hydrogens is 244 g/mol. The normalized spacial score (nSPS) is 10.0. The molecule has 92 valence electrons. The molecule has 0 fully saturated rings. The van der Waals surface area contributed by atoms with Gasteiger partial charge in [0.15, 0.2) is 5.78 Å². The van der Waals surface area contributed by atoms with Crippen LogP contribution in [0, 0.1) is 0 Å². The Morgan fingerprint density at radius 2 is 2.12 bits per heavy atom. The van der Waals surface area contributed by atoms with Crippen LogP contribution in [0.2, 0.25) is 0 Å². The number of benzene rings is 1. The quantitative estimate of drug-likeness (QED) is 0.646. The number of phenols is 1. The Kier molecular flexibility index (Phi) is 4.97. The Morgan fingerprint density at radius 1 is 1.41 bits per heavy atom. The van der Waals surface area contributed by atoms with Crippen molar-refractivity contribution in [2.24, 2.45) is 0 Å². The molecule has 0 saturated carbocycles. The standard InChI is InChI=1S/C12H13ClO4/c1-2-17-12(16)10-5-3-4-8(11(10)15)6-9(14)7-13/h3-5,15H,2,6-7H2,1H3. The molecule has 0 aliphatic heterocycles. The van der Waals surface area contributed by atoms with Gasteiger partial charge in [0.1, 0.15) is 11.3 Å². The van der Waals surface area contributed by atoms with E-state index in [1.807, 2.05) is 0 Å². The molecular formula is C12H13ClO4. The van der Waals surface area contributed by atoms with Crippen LogP contribution in [-0.4, -0.2) is 29.3 Å². The molecule has 0 saturated heterocycles. The average Bonchev–Trinajstić information content (AvgIpc) is 2.32. The van der Waals surface area contributed by atoms with Crippen molar-refractivity contribution in [2.45, 2.75) is 13.3 Å². The van der Waals surface area contributed by atoms with Crippen LogP contribution in [0.3, 0.4) is 0 Å². The van der Waals surface area contributed by atoms with Gasteiger partial charge in [0, 0.05) is 12.0 Å². The number of Topliss-reactive ketones (excluding diaryl/α,β-unsaturated/α-hetero) is 1. The second kappa shape index (κ2) is 6.25. The third-order valence-electron chi connectivity index (χ3n) is 2.15. The van der Waals surface area contributed by atoms with Gasteiger partial charge in [-0.3, -0.25) is 4.79 Å². The Hall–Kier alpha value is -1.55. The number of ether oxygens (including phenoxy) is 1. The molecule has 0 amide bonds. The second-order valence-corrected chi connectivity index (χ2v) is 3.65. The molecule has 0 radical (unpaired) electrons. The largest absolute Gasteiger partial charge is 0.507 e. The molecule has 5 heteroatoms. The van der Waals surface area contributed by atoms with E-state index in [0.29, 0.717) is 5.56 Å². The fourth-order valence-corrected chi connectivity index (χ4v) is 1.46. The monoisotopic (exact) mass is 256 g/mol. The summed E-state index contributed by atoms with van der Waals surface area (Å²) in [6.45, 7) is 1.90. The Bertz CT molecular complexity index is 429. The van der Waals surface area contributed by atoms with Crippen LogP contribution >= 0.6 is 11.6 Å². The summed E-state index contributed by atoms with van der Waals surface area (Å²) in [5.74, 6) is -1.17. The molecule has 0 aromatic heterocycles. The molecule has 0 unspecified atom stereocenters. The van der Waals surface area contributed by atoms with Crippen molar-refractivity contribution in [2.75, 3.05) is 12.5 Å². The van der Waals surface area contributed by atoms with Crippen LogP contribution in [0.25, 0.3) is 0 Å². The summed E-state index contributed by atoms with van der Waals surface area (Å²) >= 11 is 5.38. The number of phenolic OH excluding ortho intramolecular Hbond substituents is 1. The number of carbonyl (C=O) groups is 2. The number of halogens is 1. The summed E-state index contributed by atoms with van der Waals surface area (Å²) in [6.07, 6.45) is 0.00256. The van der Waals surface area contributed by atoms with E-state index in [1.165, 1.54) is 6.07 Å². The molecule has 1 rings (SSSR count). The summed E-state index contributed by atoms with van der Waals surface area (Å²) in [7, 11) is 0. The summed E-state index contributed by atoms with van der Waals surface area (Å²) in [6, 6.07) is 4.60. The van der Waals surface area contributed by atoms with Gasteiger partial charge in [0.2, 0.25) is 0 Å². The average molecular weight is 257 g/mol. The number of hydrogen-bond donors (Lipinski definition) is 1. The third kappa shape index (κ3) is 3.46. The summed E-state index contributed by atoms with van der Waals surface area (Å²) in [5, 5.41) is 9.83. The molecule has 1 aromatic carbocycles. The van der Waals surface area contributed by atoms with E-state index >= 15 is 0 Å². The van der Waals surface area contributed by atoms with Crippen LogP contribution in [0.15, 0.2) is 18.2 Å². The zero-order valence-electron chi connectivity index (χ0n) is 9.40. The lowest BCUT2D eigenvalue weighted by Gasteiger charge is -2.08. The van der Waals surface area contributed by atoms with Gasteiger partial charge in [-0.25, -0.2) is 4.79 Å². The molecule has 4 nitrogen and oxygen atoms in total. The topological polar surface area (TPSA) is 63.6 Å². The Morgan fingerprint density at radius 3 is 2.71 bits per heavy atom. The number of esters is 1. The highest BCUT2D eigenvalue weighted by atomic mass is 35.5.